The highest BCUT2D eigenvalue weighted by atomic mass is 31.2. The van der Waals surface area contributed by atoms with Crippen molar-refractivity contribution in [3.05, 3.63) is 11.9 Å². The molecule has 0 amide bonds. The third-order valence-electron chi connectivity index (χ3n) is 1.61. The maximum absolute atomic E-state index is 12.4. The molecule has 0 rings (SSSR count). The Bertz CT molecular complexity index is 321. The predicted octanol–water partition coefficient (Wildman–Crippen LogP) is 3.49. The van der Waals surface area contributed by atoms with Gasteiger partial charge in [0, 0.05) is 12.7 Å². The molecule has 5 nitrogen and oxygen atoms in total. The quantitative estimate of drug-likeness (QED) is 0.527. The average molecular weight is 278 g/mol. The molecule has 0 saturated carbocycles. The highest BCUT2D eigenvalue weighted by Crippen LogP contribution is 2.52. The zero-order valence-electron chi connectivity index (χ0n) is 11.9. The normalized spacial score (nSPS) is 14.4. The Morgan fingerprint density at radius 3 is 1.83 bits per heavy atom. The second-order valence-electron chi connectivity index (χ2n) is 4.50. The van der Waals surface area contributed by atoms with Gasteiger partial charge in [0.15, 0.2) is 0 Å². The molecule has 18 heavy (non-hydrogen) atoms. The van der Waals surface area contributed by atoms with E-state index >= 15 is 0 Å². The fraction of sp³-hybridized carbons (Fsp3) is 0.750. The van der Waals surface area contributed by atoms with Crippen molar-refractivity contribution in [1.29, 1.82) is 0 Å². The first kappa shape index (κ1) is 17.4. The molecule has 6 heteroatoms. The number of carbonyl (C=O) groups is 1. The van der Waals surface area contributed by atoms with E-state index < -0.39 is 19.7 Å². The fourth-order valence-corrected chi connectivity index (χ4v) is 3.03. The van der Waals surface area contributed by atoms with Crippen LogP contribution in [0.4, 0.5) is 0 Å². The van der Waals surface area contributed by atoms with E-state index in [2.05, 4.69) is 0 Å². The summed E-state index contributed by atoms with van der Waals surface area (Å²) in [5, 5.41) is 0. The molecule has 0 aromatic rings. The van der Waals surface area contributed by atoms with Crippen LogP contribution in [0.3, 0.4) is 0 Å². The predicted molar refractivity (Wildman–Crippen MR) is 70.4 cm³/mol. The van der Waals surface area contributed by atoms with Crippen LogP contribution in [0.5, 0.6) is 0 Å². The molecule has 0 radical (unpaired) electrons. The summed E-state index contributed by atoms with van der Waals surface area (Å²) in [6.07, 6.45) is 0.598. The lowest BCUT2D eigenvalue weighted by Crippen LogP contribution is -2.10. The Morgan fingerprint density at radius 2 is 1.50 bits per heavy atom. The molecule has 0 aliphatic heterocycles. The van der Waals surface area contributed by atoms with Crippen molar-refractivity contribution < 1.29 is 23.1 Å². The maximum Gasteiger partial charge on any atom is 0.354 e. The molecule has 0 aliphatic carbocycles. The van der Waals surface area contributed by atoms with Crippen molar-refractivity contribution in [3.63, 3.8) is 0 Å². The van der Waals surface area contributed by atoms with Gasteiger partial charge in [-0.1, -0.05) is 0 Å². The number of rotatable bonds is 7. The summed E-state index contributed by atoms with van der Waals surface area (Å²) >= 11 is 0. The zero-order chi connectivity index (χ0) is 14.3. The van der Waals surface area contributed by atoms with Crippen molar-refractivity contribution in [2.75, 3.05) is 0 Å². The lowest BCUT2D eigenvalue weighted by atomic mass is 10.4. The molecule has 0 fully saturated rings. The van der Waals surface area contributed by atoms with E-state index in [1.807, 2.05) is 0 Å². The number of ether oxygens (including phenoxy) is 1. The van der Waals surface area contributed by atoms with Gasteiger partial charge in [-0.05, 0) is 40.7 Å². The van der Waals surface area contributed by atoms with Crippen molar-refractivity contribution in [3.8, 4) is 0 Å². The minimum absolute atomic E-state index is 0.219. The minimum atomic E-state index is -3.30. The van der Waals surface area contributed by atoms with E-state index in [0.29, 0.717) is 0 Å². The van der Waals surface area contributed by atoms with Gasteiger partial charge in [0.25, 0.3) is 0 Å². The van der Waals surface area contributed by atoms with Gasteiger partial charge in [-0.25, -0.2) is 0 Å². The minimum Gasteiger partial charge on any atom is -0.459 e. The summed E-state index contributed by atoms with van der Waals surface area (Å²) in [5.74, 6) is 0.956. The highest BCUT2D eigenvalue weighted by molar-refractivity contribution is 7.57. The molecular formula is C12H23O5P. The molecule has 0 aliphatic rings. The second kappa shape index (κ2) is 7.72. The summed E-state index contributed by atoms with van der Waals surface area (Å²) in [6.45, 7) is 10.1. The summed E-state index contributed by atoms with van der Waals surface area (Å²) in [5.41, 5.74) is 0. The zero-order valence-corrected chi connectivity index (χ0v) is 12.8. The van der Waals surface area contributed by atoms with Gasteiger partial charge >= 0.3 is 13.6 Å². The maximum atomic E-state index is 12.4. The van der Waals surface area contributed by atoms with Crippen LogP contribution in [-0.4, -0.2) is 24.3 Å². The number of hydrogen-bond donors (Lipinski definition) is 0. The van der Waals surface area contributed by atoms with E-state index in [-0.39, 0.29) is 12.2 Å². The van der Waals surface area contributed by atoms with Crippen molar-refractivity contribution in [2.24, 2.45) is 0 Å². The molecule has 0 spiro atoms. The molecule has 106 valence electrons. The molecule has 0 heterocycles. The Hall–Kier alpha value is -0.640. The topological polar surface area (TPSA) is 61.8 Å². The van der Waals surface area contributed by atoms with E-state index in [4.69, 9.17) is 13.8 Å². The highest BCUT2D eigenvalue weighted by Gasteiger charge is 2.24. The van der Waals surface area contributed by atoms with Crippen molar-refractivity contribution >= 4 is 13.6 Å². The van der Waals surface area contributed by atoms with Crippen LogP contribution in [0.15, 0.2) is 11.9 Å². The molecule has 0 saturated heterocycles. The second-order valence-corrected chi connectivity index (χ2v) is 6.30. The third-order valence-corrected chi connectivity index (χ3v) is 3.58. The number of esters is 1. The van der Waals surface area contributed by atoms with Gasteiger partial charge in [-0.2, -0.15) is 0 Å². The van der Waals surface area contributed by atoms with Crippen molar-refractivity contribution in [1.82, 2.24) is 0 Å². The number of hydrogen-bond acceptors (Lipinski definition) is 5. The first-order valence-electron chi connectivity index (χ1n) is 5.97. The number of carbonyl (C=O) groups excluding carboxylic acids is 1. The van der Waals surface area contributed by atoms with Gasteiger partial charge in [-0.3, -0.25) is 9.36 Å². The summed E-state index contributed by atoms with van der Waals surface area (Å²) in [4.78, 5) is 10.7. The van der Waals surface area contributed by atoms with Gasteiger partial charge in [0.05, 0.1) is 12.2 Å². The van der Waals surface area contributed by atoms with E-state index in [1.165, 1.54) is 18.8 Å². The molecule has 0 N–H and O–H groups in total. The van der Waals surface area contributed by atoms with Crippen LogP contribution in [-0.2, 0) is 23.1 Å². The first-order chi connectivity index (χ1) is 8.14. The van der Waals surface area contributed by atoms with Crippen molar-refractivity contribution in [2.45, 2.75) is 59.9 Å². The molecular weight excluding hydrogens is 255 g/mol. The summed E-state index contributed by atoms with van der Waals surface area (Å²) in [7, 11) is -3.30. The third kappa shape index (κ3) is 8.45. The lowest BCUT2D eigenvalue weighted by Gasteiger charge is -2.20. The Kier molecular flexibility index (Phi) is 7.45. The summed E-state index contributed by atoms with van der Waals surface area (Å²) in [6, 6.07) is 0. The van der Waals surface area contributed by atoms with Crippen LogP contribution < -0.4 is 0 Å². The Morgan fingerprint density at radius 1 is 1.06 bits per heavy atom. The summed E-state index contributed by atoms with van der Waals surface area (Å²) < 4.78 is 27.9. The fourth-order valence-electron chi connectivity index (χ4n) is 1.21. The van der Waals surface area contributed by atoms with Gasteiger partial charge in [0.2, 0.25) is 0 Å². The van der Waals surface area contributed by atoms with Crippen LogP contribution in [0.25, 0.3) is 0 Å². The largest absolute Gasteiger partial charge is 0.459 e. The monoisotopic (exact) mass is 278 g/mol. The Labute approximate surface area is 109 Å². The molecule has 1 unspecified atom stereocenters. The Balaban J connectivity index is 4.72. The average Bonchev–Trinajstić information content (AvgIpc) is 2.11. The SMILES string of the molecule is CC(=O)OC(C)/C=C/P(=O)(OC(C)C)OC(C)C. The molecule has 1 atom stereocenters. The van der Waals surface area contributed by atoms with Crippen LogP contribution in [0.2, 0.25) is 0 Å². The van der Waals surface area contributed by atoms with Crippen LogP contribution in [0, 0.1) is 0 Å². The van der Waals surface area contributed by atoms with Gasteiger partial charge < -0.3 is 13.8 Å². The first-order valence-corrected chi connectivity index (χ1v) is 7.59. The van der Waals surface area contributed by atoms with Gasteiger partial charge in [0.1, 0.15) is 6.10 Å². The lowest BCUT2D eigenvalue weighted by molar-refractivity contribution is -0.143. The van der Waals surface area contributed by atoms with E-state index in [9.17, 15) is 9.36 Å². The van der Waals surface area contributed by atoms with Gasteiger partial charge in [-0.15, -0.1) is 0 Å². The van der Waals surface area contributed by atoms with Crippen LogP contribution in [0.1, 0.15) is 41.5 Å². The molecule has 0 aromatic heterocycles. The standard InChI is InChI=1S/C12H23O5P/c1-9(2)16-18(14,17-10(3)4)8-7-11(5)15-12(6)13/h7-11H,1-6H3/b8-7+. The van der Waals surface area contributed by atoms with E-state index in [0.717, 1.165) is 0 Å². The smallest absolute Gasteiger partial charge is 0.354 e. The molecule has 0 bridgehead atoms. The van der Waals surface area contributed by atoms with Crippen LogP contribution >= 0.6 is 7.60 Å². The van der Waals surface area contributed by atoms with E-state index in [1.54, 1.807) is 34.6 Å². The molecule has 0 aromatic carbocycles.